The second kappa shape index (κ2) is 7.64. The fourth-order valence-electron chi connectivity index (χ4n) is 4.79. The Labute approximate surface area is 174 Å². The number of nitrogens with zero attached hydrogens (tertiary/aromatic N) is 5. The fraction of sp³-hybridized carbons (Fsp3) is 0.476. The average molecular weight is 407 g/mol. The van der Waals surface area contributed by atoms with Crippen LogP contribution in [0.15, 0.2) is 29.5 Å². The molecule has 0 bridgehead atoms. The van der Waals surface area contributed by atoms with Crippen molar-refractivity contribution in [3.63, 3.8) is 0 Å². The molecule has 0 spiro atoms. The number of aliphatic carboxylic acids is 1. The minimum Gasteiger partial charge on any atom is -0.477 e. The molecule has 1 saturated heterocycles. The van der Waals surface area contributed by atoms with Crippen molar-refractivity contribution in [2.24, 2.45) is 16.6 Å². The summed E-state index contributed by atoms with van der Waals surface area (Å²) in [5.41, 5.74) is 8.49. The molecular formula is C21H25N7O2. The van der Waals surface area contributed by atoms with E-state index in [9.17, 15) is 9.90 Å². The van der Waals surface area contributed by atoms with Crippen molar-refractivity contribution in [3.05, 3.63) is 30.2 Å². The first-order valence-electron chi connectivity index (χ1n) is 10.5. The van der Waals surface area contributed by atoms with Gasteiger partial charge in [-0.3, -0.25) is 0 Å². The lowest BCUT2D eigenvalue weighted by molar-refractivity contribution is -0.129. The summed E-state index contributed by atoms with van der Waals surface area (Å²) >= 11 is 0. The molecule has 4 N–H and O–H groups in total. The van der Waals surface area contributed by atoms with E-state index in [1.165, 1.54) is 0 Å². The molecule has 2 aliphatic heterocycles. The third-order valence-electron chi connectivity index (χ3n) is 6.30. The molecule has 1 saturated carbocycles. The van der Waals surface area contributed by atoms with Crippen molar-refractivity contribution in [3.8, 4) is 0 Å². The first kappa shape index (κ1) is 18.9. The van der Waals surface area contributed by atoms with Crippen molar-refractivity contribution in [2.75, 3.05) is 23.3 Å². The average Bonchev–Trinajstić information content (AvgIpc) is 3.47. The molecule has 3 aliphatic rings. The molecule has 4 heterocycles. The van der Waals surface area contributed by atoms with Gasteiger partial charge in [-0.15, -0.1) is 0 Å². The zero-order chi connectivity index (χ0) is 20.7. The number of aromatic nitrogens is 3. The highest BCUT2D eigenvalue weighted by Crippen LogP contribution is 2.45. The lowest BCUT2D eigenvalue weighted by Gasteiger charge is -2.19. The number of carbonyl (C=O) groups is 1. The van der Waals surface area contributed by atoms with E-state index in [1.54, 1.807) is 6.20 Å². The van der Waals surface area contributed by atoms with Crippen molar-refractivity contribution < 1.29 is 9.90 Å². The third kappa shape index (κ3) is 3.49. The Morgan fingerprint density at radius 2 is 2.00 bits per heavy atom. The minimum absolute atomic E-state index is 0.189. The zero-order valence-corrected chi connectivity index (χ0v) is 16.7. The third-order valence-corrected chi connectivity index (χ3v) is 6.30. The topological polar surface area (TPSA) is 130 Å². The first-order chi connectivity index (χ1) is 14.6. The number of fused-ring (bicyclic) bond motifs is 1. The predicted octanol–water partition coefficient (Wildman–Crippen LogP) is 2.60. The van der Waals surface area contributed by atoms with Gasteiger partial charge in [-0.1, -0.05) is 12.8 Å². The van der Waals surface area contributed by atoms with Gasteiger partial charge in [0.2, 0.25) is 5.95 Å². The summed E-state index contributed by atoms with van der Waals surface area (Å²) in [5.74, 6) is 0.0728. The van der Waals surface area contributed by atoms with Crippen LogP contribution < -0.4 is 16.0 Å². The number of hydrogen-bond acceptors (Lipinski definition) is 8. The van der Waals surface area contributed by atoms with E-state index < -0.39 is 5.97 Å². The van der Waals surface area contributed by atoms with Crippen LogP contribution in [0.4, 0.5) is 23.1 Å². The van der Waals surface area contributed by atoms with Gasteiger partial charge in [0.25, 0.3) is 0 Å². The van der Waals surface area contributed by atoms with Crippen LogP contribution >= 0.6 is 0 Å². The molecule has 0 radical (unpaired) electrons. The Morgan fingerprint density at radius 1 is 1.17 bits per heavy atom. The lowest BCUT2D eigenvalue weighted by atomic mass is 9.85. The van der Waals surface area contributed by atoms with Crippen LogP contribution in [-0.4, -0.2) is 50.9 Å². The highest BCUT2D eigenvalue weighted by atomic mass is 16.4. The first-order valence-corrected chi connectivity index (χ1v) is 10.5. The van der Waals surface area contributed by atoms with E-state index in [1.807, 2.05) is 18.3 Å². The van der Waals surface area contributed by atoms with Crippen LogP contribution in [0.3, 0.4) is 0 Å². The van der Waals surface area contributed by atoms with E-state index in [4.69, 9.17) is 5.73 Å². The second-order valence-electron chi connectivity index (χ2n) is 8.31. The van der Waals surface area contributed by atoms with Gasteiger partial charge >= 0.3 is 5.97 Å². The Balaban J connectivity index is 1.36. The van der Waals surface area contributed by atoms with Crippen molar-refractivity contribution in [2.45, 2.75) is 44.1 Å². The molecule has 2 fully saturated rings. The van der Waals surface area contributed by atoms with E-state index in [2.05, 4.69) is 30.2 Å². The fourth-order valence-corrected chi connectivity index (χ4v) is 4.79. The van der Waals surface area contributed by atoms with Crippen LogP contribution in [0.2, 0.25) is 0 Å². The van der Waals surface area contributed by atoms with Gasteiger partial charge in [-0.05, 0) is 37.3 Å². The van der Waals surface area contributed by atoms with Crippen LogP contribution in [0.1, 0.15) is 43.7 Å². The SMILES string of the molecule is NC1CCN(c2ccc(Nc3ncc4c(n3)C(C3CCCC3)C(C(=O)O)=N4)nc2)C1. The number of rotatable bonds is 5. The molecule has 2 aromatic rings. The summed E-state index contributed by atoms with van der Waals surface area (Å²) in [7, 11) is 0. The monoisotopic (exact) mass is 407 g/mol. The van der Waals surface area contributed by atoms with E-state index >= 15 is 0 Å². The van der Waals surface area contributed by atoms with Gasteiger partial charge in [-0.2, -0.15) is 0 Å². The number of pyridine rings is 1. The Hall–Kier alpha value is -3.07. The molecule has 2 aromatic heterocycles. The van der Waals surface area contributed by atoms with Crippen LogP contribution in [0.5, 0.6) is 0 Å². The molecule has 9 heteroatoms. The Bertz CT molecular complexity index is 985. The molecule has 5 rings (SSSR count). The molecule has 30 heavy (non-hydrogen) atoms. The number of nitrogens with one attached hydrogen (secondary N) is 1. The Kier molecular flexibility index (Phi) is 4.82. The number of carboxylic acids is 1. The van der Waals surface area contributed by atoms with Gasteiger partial charge < -0.3 is 21.1 Å². The lowest BCUT2D eigenvalue weighted by Crippen LogP contribution is -2.26. The quantitative estimate of drug-likeness (QED) is 0.690. The molecular weight excluding hydrogens is 382 g/mol. The number of carboxylic acid groups (broad SMARTS) is 1. The van der Waals surface area contributed by atoms with Crippen LogP contribution in [-0.2, 0) is 4.79 Å². The molecule has 1 aliphatic carbocycles. The van der Waals surface area contributed by atoms with E-state index in [-0.39, 0.29) is 23.6 Å². The highest BCUT2D eigenvalue weighted by molar-refractivity contribution is 6.39. The van der Waals surface area contributed by atoms with Gasteiger partial charge in [-0.25, -0.2) is 24.7 Å². The van der Waals surface area contributed by atoms with Gasteiger partial charge in [0.1, 0.15) is 17.2 Å². The molecule has 0 aromatic carbocycles. The number of nitrogens with two attached hydrogens (primary N) is 1. The number of anilines is 3. The molecule has 156 valence electrons. The van der Waals surface area contributed by atoms with E-state index in [0.717, 1.165) is 50.9 Å². The van der Waals surface area contributed by atoms with E-state index in [0.29, 0.717) is 23.1 Å². The van der Waals surface area contributed by atoms with Gasteiger partial charge in [0.15, 0.2) is 0 Å². The Morgan fingerprint density at radius 3 is 2.67 bits per heavy atom. The molecule has 9 nitrogen and oxygen atoms in total. The molecule has 2 unspecified atom stereocenters. The zero-order valence-electron chi connectivity index (χ0n) is 16.7. The molecule has 2 atom stereocenters. The van der Waals surface area contributed by atoms with Crippen LogP contribution in [0.25, 0.3) is 0 Å². The molecule has 0 amide bonds. The van der Waals surface area contributed by atoms with Crippen molar-refractivity contribution in [1.29, 1.82) is 0 Å². The van der Waals surface area contributed by atoms with Crippen molar-refractivity contribution in [1.82, 2.24) is 15.0 Å². The summed E-state index contributed by atoms with van der Waals surface area (Å²) < 4.78 is 0. The summed E-state index contributed by atoms with van der Waals surface area (Å²) in [6.07, 6.45) is 8.67. The van der Waals surface area contributed by atoms with Gasteiger partial charge in [0.05, 0.1) is 29.7 Å². The van der Waals surface area contributed by atoms with Crippen molar-refractivity contribution >= 4 is 34.8 Å². The van der Waals surface area contributed by atoms with Crippen LogP contribution in [0, 0.1) is 5.92 Å². The summed E-state index contributed by atoms with van der Waals surface area (Å²) in [5, 5.41) is 12.8. The van der Waals surface area contributed by atoms with Gasteiger partial charge in [0, 0.05) is 19.1 Å². The normalized spacial score (nSPS) is 23.5. The summed E-state index contributed by atoms with van der Waals surface area (Å²) in [6.45, 7) is 1.79. The predicted molar refractivity (Wildman–Crippen MR) is 114 cm³/mol. The minimum atomic E-state index is -0.974. The highest BCUT2D eigenvalue weighted by Gasteiger charge is 2.40. The maximum absolute atomic E-state index is 11.8. The number of aliphatic imine (C=N–C) groups is 1. The standard InChI is InChI=1S/C21H25N7O2/c22-13-7-8-28(11-13)14-5-6-16(23-9-14)26-21-24-10-15-18(27-21)17(12-3-1-2-4-12)19(25-15)20(29)30/h5-6,9-10,12-13,17H,1-4,7-8,11,22H2,(H,29,30)(H,23,24,26,27). The second-order valence-corrected chi connectivity index (χ2v) is 8.31. The smallest absolute Gasteiger partial charge is 0.350 e. The maximum Gasteiger partial charge on any atom is 0.350 e. The number of hydrogen-bond donors (Lipinski definition) is 3. The maximum atomic E-state index is 11.8. The summed E-state index contributed by atoms with van der Waals surface area (Å²) in [4.78, 5) is 31.8. The largest absolute Gasteiger partial charge is 0.477 e. The summed E-state index contributed by atoms with van der Waals surface area (Å²) in [6, 6.07) is 4.12.